The summed E-state index contributed by atoms with van der Waals surface area (Å²) in [5, 5.41) is 0. The molecule has 0 spiro atoms. The van der Waals surface area contributed by atoms with Gasteiger partial charge in [0, 0.05) is 0 Å². The third-order valence-corrected chi connectivity index (χ3v) is 7.87. The lowest BCUT2D eigenvalue weighted by Crippen LogP contribution is -2.64. The number of esters is 2. The quantitative estimate of drug-likeness (QED) is 0.463. The molecule has 1 saturated heterocycles. The monoisotopic (exact) mass is 506 g/mol. The lowest BCUT2D eigenvalue weighted by molar-refractivity contribution is -0.162. The van der Waals surface area contributed by atoms with Crippen LogP contribution in [0.4, 0.5) is 0 Å². The highest BCUT2D eigenvalue weighted by Gasteiger charge is 2.64. The van der Waals surface area contributed by atoms with Gasteiger partial charge in [-0.05, 0) is 63.0 Å². The number of Topliss-reactive ketones (excluding diaryl/α,β-unsaturated/α-hetero) is 1. The fraction of sp³-hybridized carbons (Fsp3) is 0.500. The van der Waals surface area contributed by atoms with Gasteiger partial charge in [-0.25, -0.2) is 0 Å². The van der Waals surface area contributed by atoms with Gasteiger partial charge in [0.05, 0.1) is 18.2 Å². The Kier molecular flexibility index (Phi) is 8.77. The topological polar surface area (TPSA) is 98.9 Å². The molecule has 1 heterocycles. The average Bonchev–Trinajstić information content (AvgIpc) is 3.46. The highest BCUT2D eigenvalue weighted by Crippen LogP contribution is 2.52. The third kappa shape index (κ3) is 5.63. The van der Waals surface area contributed by atoms with Crippen LogP contribution >= 0.6 is 0 Å². The first kappa shape index (κ1) is 27.0. The van der Waals surface area contributed by atoms with E-state index < -0.39 is 35.6 Å². The summed E-state index contributed by atoms with van der Waals surface area (Å²) in [6, 6.07) is 17.2. The molecule has 2 N–H and O–H groups in total. The molecule has 2 fully saturated rings. The van der Waals surface area contributed by atoms with Crippen LogP contribution < -0.4 is 5.73 Å². The summed E-state index contributed by atoms with van der Waals surface area (Å²) < 4.78 is 11.3. The Morgan fingerprint density at radius 1 is 1.03 bits per heavy atom. The summed E-state index contributed by atoms with van der Waals surface area (Å²) in [4.78, 5) is 42.7. The lowest BCUT2D eigenvalue weighted by atomic mass is 9.80. The molecule has 1 aliphatic heterocycles. The molecule has 1 aliphatic carbocycles. The van der Waals surface area contributed by atoms with E-state index in [9.17, 15) is 14.4 Å². The van der Waals surface area contributed by atoms with Crippen molar-refractivity contribution in [2.45, 2.75) is 82.6 Å². The minimum absolute atomic E-state index is 0.0612. The zero-order valence-electron chi connectivity index (χ0n) is 21.8. The highest BCUT2D eigenvalue weighted by atomic mass is 16.5. The average molecular weight is 507 g/mol. The largest absolute Gasteiger partial charge is 0.465 e. The Hall–Kier alpha value is -3.03. The van der Waals surface area contributed by atoms with Crippen molar-refractivity contribution in [3.63, 3.8) is 0 Å². The van der Waals surface area contributed by atoms with Crippen molar-refractivity contribution in [2.24, 2.45) is 11.7 Å². The predicted octanol–water partition coefficient (Wildman–Crippen LogP) is 3.82. The fourth-order valence-corrected chi connectivity index (χ4v) is 6.31. The van der Waals surface area contributed by atoms with Crippen molar-refractivity contribution in [1.29, 1.82) is 0 Å². The standard InChI is InChI=1S/C30H38N2O5/c1-3-36-28(34)25(17-16-22-11-6-4-7-12-22)32-26(29(35)37-20-23-13-8-5-9-14-23)19-24-15-10-18-30(24,32)27(33)21(2)31/h4-9,11-14,21,24-26H,3,10,15-20,31H2,1-2H3/t21?,24-,25+,26+,30-/m1/s1. The van der Waals surface area contributed by atoms with Crippen molar-refractivity contribution < 1.29 is 23.9 Å². The van der Waals surface area contributed by atoms with Crippen LogP contribution in [0.25, 0.3) is 0 Å². The van der Waals surface area contributed by atoms with Gasteiger partial charge in [-0.2, -0.15) is 0 Å². The summed E-state index contributed by atoms with van der Waals surface area (Å²) in [7, 11) is 0. The maximum atomic E-state index is 13.8. The van der Waals surface area contributed by atoms with Gasteiger partial charge < -0.3 is 15.2 Å². The predicted molar refractivity (Wildman–Crippen MR) is 140 cm³/mol. The SMILES string of the molecule is CCOC(=O)[C@H](CCc1ccccc1)N1[C@H](C(=O)OCc2ccccc2)C[C@H]2CCC[C@]21C(=O)C(C)N. The van der Waals surface area contributed by atoms with Crippen LogP contribution in [-0.4, -0.2) is 52.9 Å². The molecule has 1 saturated carbocycles. The second kappa shape index (κ2) is 12.0. The van der Waals surface area contributed by atoms with Crippen molar-refractivity contribution >= 4 is 17.7 Å². The Morgan fingerprint density at radius 2 is 1.68 bits per heavy atom. The van der Waals surface area contributed by atoms with Crippen LogP contribution in [0.3, 0.4) is 0 Å². The fourth-order valence-electron chi connectivity index (χ4n) is 6.31. The van der Waals surface area contributed by atoms with Crippen LogP contribution in [0.5, 0.6) is 0 Å². The number of carbonyl (C=O) groups excluding carboxylic acids is 3. The second-order valence-corrected chi connectivity index (χ2v) is 10.2. The zero-order valence-corrected chi connectivity index (χ0v) is 21.8. The summed E-state index contributed by atoms with van der Waals surface area (Å²) in [5.41, 5.74) is 7.16. The van der Waals surface area contributed by atoms with Crippen LogP contribution in [-0.2, 0) is 36.9 Å². The highest BCUT2D eigenvalue weighted by molar-refractivity contribution is 5.96. The molecule has 0 amide bonds. The number of benzene rings is 2. The Labute approximate surface area is 219 Å². The van der Waals surface area contributed by atoms with E-state index in [4.69, 9.17) is 15.2 Å². The van der Waals surface area contributed by atoms with Gasteiger partial charge in [-0.1, -0.05) is 67.1 Å². The van der Waals surface area contributed by atoms with Crippen LogP contribution in [0, 0.1) is 5.92 Å². The van der Waals surface area contributed by atoms with E-state index in [1.165, 1.54) is 0 Å². The molecule has 0 radical (unpaired) electrons. The van der Waals surface area contributed by atoms with Crippen molar-refractivity contribution in [3.8, 4) is 0 Å². The summed E-state index contributed by atoms with van der Waals surface area (Å²) in [6.07, 6.45) is 3.73. The number of nitrogens with two attached hydrogens (primary N) is 1. The van der Waals surface area contributed by atoms with E-state index >= 15 is 0 Å². The van der Waals surface area contributed by atoms with Crippen LogP contribution in [0.1, 0.15) is 57.1 Å². The van der Waals surface area contributed by atoms with Crippen LogP contribution in [0.15, 0.2) is 60.7 Å². The normalized spacial score (nSPS) is 24.7. The molecule has 2 aromatic rings. The van der Waals surface area contributed by atoms with Gasteiger partial charge >= 0.3 is 11.9 Å². The van der Waals surface area contributed by atoms with Gasteiger partial charge in [0.15, 0.2) is 5.78 Å². The molecule has 37 heavy (non-hydrogen) atoms. The first-order valence-electron chi connectivity index (χ1n) is 13.4. The van der Waals surface area contributed by atoms with Crippen molar-refractivity contribution in [3.05, 3.63) is 71.8 Å². The number of fused-ring (bicyclic) bond motifs is 1. The second-order valence-electron chi connectivity index (χ2n) is 10.2. The Morgan fingerprint density at radius 3 is 2.30 bits per heavy atom. The van der Waals surface area contributed by atoms with Gasteiger partial charge in [-0.3, -0.25) is 19.3 Å². The number of aryl methyl sites for hydroxylation is 1. The molecule has 2 aliphatic rings. The summed E-state index contributed by atoms with van der Waals surface area (Å²) in [6.45, 7) is 3.81. The Bertz CT molecular complexity index is 1070. The smallest absolute Gasteiger partial charge is 0.323 e. The molecular weight excluding hydrogens is 468 g/mol. The number of hydrogen-bond acceptors (Lipinski definition) is 7. The maximum Gasteiger partial charge on any atom is 0.323 e. The van der Waals surface area contributed by atoms with Crippen molar-refractivity contribution in [2.75, 3.05) is 6.61 Å². The number of rotatable bonds is 11. The minimum Gasteiger partial charge on any atom is -0.465 e. The zero-order chi connectivity index (χ0) is 26.4. The molecule has 198 valence electrons. The number of carbonyl (C=O) groups is 3. The first-order valence-corrected chi connectivity index (χ1v) is 13.4. The molecule has 4 rings (SSSR count). The number of likely N-dealkylation sites (tertiary alicyclic amines) is 1. The maximum absolute atomic E-state index is 13.8. The third-order valence-electron chi connectivity index (χ3n) is 7.87. The molecule has 7 heteroatoms. The minimum atomic E-state index is -0.973. The van der Waals surface area contributed by atoms with E-state index in [1.807, 2.05) is 65.6 Å². The number of hydrogen-bond donors (Lipinski definition) is 1. The number of ether oxygens (including phenoxy) is 2. The van der Waals surface area contributed by atoms with E-state index in [1.54, 1.807) is 13.8 Å². The van der Waals surface area contributed by atoms with E-state index in [0.717, 1.165) is 24.0 Å². The van der Waals surface area contributed by atoms with Gasteiger partial charge in [0.1, 0.15) is 18.7 Å². The van der Waals surface area contributed by atoms with E-state index in [0.29, 0.717) is 25.7 Å². The summed E-state index contributed by atoms with van der Waals surface area (Å²) >= 11 is 0. The van der Waals surface area contributed by atoms with Gasteiger partial charge in [0.2, 0.25) is 0 Å². The summed E-state index contributed by atoms with van der Waals surface area (Å²) in [5.74, 6) is -0.996. The molecule has 2 aromatic carbocycles. The molecule has 0 aromatic heterocycles. The molecule has 0 bridgehead atoms. The van der Waals surface area contributed by atoms with Gasteiger partial charge in [0.25, 0.3) is 0 Å². The Balaban J connectivity index is 1.69. The lowest BCUT2D eigenvalue weighted by Gasteiger charge is -2.43. The van der Waals surface area contributed by atoms with Crippen LogP contribution in [0.2, 0.25) is 0 Å². The number of ketones is 1. The molecule has 1 unspecified atom stereocenters. The van der Waals surface area contributed by atoms with Gasteiger partial charge in [-0.15, -0.1) is 0 Å². The molecule has 7 nitrogen and oxygen atoms in total. The van der Waals surface area contributed by atoms with E-state index in [-0.39, 0.29) is 24.9 Å². The molecule has 5 atom stereocenters. The van der Waals surface area contributed by atoms with E-state index in [2.05, 4.69) is 0 Å². The molecular formula is C30H38N2O5. The van der Waals surface area contributed by atoms with Crippen molar-refractivity contribution in [1.82, 2.24) is 4.90 Å². The first-order chi connectivity index (χ1) is 17.9. The number of nitrogens with zero attached hydrogens (tertiary/aromatic N) is 1.